The summed E-state index contributed by atoms with van der Waals surface area (Å²) >= 11 is 0. The first-order chi connectivity index (χ1) is 10.1. The van der Waals surface area contributed by atoms with E-state index in [0.29, 0.717) is 25.4 Å². The van der Waals surface area contributed by atoms with Crippen LogP contribution in [0.15, 0.2) is 0 Å². The maximum Gasteiger partial charge on any atom is 0.317 e. The number of hydrogen-bond donors (Lipinski definition) is 2. The van der Waals surface area contributed by atoms with Gasteiger partial charge in [-0.15, -0.1) is 0 Å². The fourth-order valence-electron chi connectivity index (χ4n) is 3.37. The van der Waals surface area contributed by atoms with Crippen LogP contribution in [0.25, 0.3) is 0 Å². The Hall–Kier alpha value is -1.30. The molecule has 1 saturated heterocycles. The predicted octanol–water partition coefficient (Wildman–Crippen LogP) is 1.70. The summed E-state index contributed by atoms with van der Waals surface area (Å²) in [4.78, 5) is 25.1. The fourth-order valence-corrected chi connectivity index (χ4v) is 3.37. The second-order valence-corrected chi connectivity index (χ2v) is 6.25. The molecule has 0 spiro atoms. The number of amides is 2. The molecule has 1 unspecified atom stereocenters. The second kappa shape index (κ2) is 7.64. The Morgan fingerprint density at radius 3 is 2.57 bits per heavy atom. The quantitative estimate of drug-likeness (QED) is 0.828. The molecule has 2 rings (SSSR count). The molecule has 0 bridgehead atoms. The minimum Gasteiger partial charge on any atom is -0.481 e. The molecule has 6 nitrogen and oxygen atoms in total. The third-order valence-corrected chi connectivity index (χ3v) is 4.61. The number of carbonyl (C=O) groups is 2. The minimum atomic E-state index is -0.710. The average molecular weight is 298 g/mol. The molecule has 1 saturated carbocycles. The van der Waals surface area contributed by atoms with Gasteiger partial charge in [0.2, 0.25) is 0 Å². The molecule has 1 atom stereocenters. The topological polar surface area (TPSA) is 78.9 Å². The van der Waals surface area contributed by atoms with Gasteiger partial charge in [0, 0.05) is 32.2 Å². The van der Waals surface area contributed by atoms with Gasteiger partial charge in [0.15, 0.2) is 0 Å². The highest BCUT2D eigenvalue weighted by molar-refractivity contribution is 5.75. The van der Waals surface area contributed by atoms with E-state index in [4.69, 9.17) is 9.84 Å². The van der Waals surface area contributed by atoms with E-state index in [-0.39, 0.29) is 18.0 Å². The molecule has 0 aromatic carbocycles. The van der Waals surface area contributed by atoms with Crippen LogP contribution in [-0.4, -0.2) is 54.9 Å². The van der Waals surface area contributed by atoms with E-state index in [0.717, 1.165) is 38.8 Å². The zero-order valence-electron chi connectivity index (χ0n) is 12.7. The average Bonchev–Trinajstić information content (AvgIpc) is 2.48. The number of nitrogens with one attached hydrogen (secondary N) is 1. The lowest BCUT2D eigenvalue weighted by molar-refractivity contribution is -0.142. The Bertz CT molecular complexity index is 365. The number of carboxylic acid groups (broad SMARTS) is 1. The van der Waals surface area contributed by atoms with Crippen LogP contribution in [0, 0.1) is 11.8 Å². The van der Waals surface area contributed by atoms with Crippen molar-refractivity contribution in [3.05, 3.63) is 0 Å². The summed E-state index contributed by atoms with van der Waals surface area (Å²) in [6.45, 7) is 2.26. The zero-order valence-corrected chi connectivity index (χ0v) is 12.7. The van der Waals surface area contributed by atoms with Crippen molar-refractivity contribution >= 4 is 12.0 Å². The third kappa shape index (κ3) is 4.59. The third-order valence-electron chi connectivity index (χ3n) is 4.61. The normalized spacial score (nSPS) is 30.0. The van der Waals surface area contributed by atoms with Gasteiger partial charge in [-0.2, -0.15) is 0 Å². The molecular formula is C15H26N2O4. The van der Waals surface area contributed by atoms with Gasteiger partial charge < -0.3 is 20.1 Å². The van der Waals surface area contributed by atoms with Gasteiger partial charge in [-0.3, -0.25) is 4.79 Å². The lowest BCUT2D eigenvalue weighted by Gasteiger charge is -2.34. The lowest BCUT2D eigenvalue weighted by Crippen LogP contribution is -2.50. The van der Waals surface area contributed by atoms with Crippen molar-refractivity contribution in [1.29, 1.82) is 0 Å². The van der Waals surface area contributed by atoms with Crippen LogP contribution in [0.4, 0.5) is 4.79 Å². The zero-order chi connectivity index (χ0) is 15.2. The Morgan fingerprint density at radius 2 is 1.95 bits per heavy atom. The number of carbonyl (C=O) groups excluding carboxylic acids is 1. The van der Waals surface area contributed by atoms with Crippen LogP contribution >= 0.6 is 0 Å². The molecular weight excluding hydrogens is 272 g/mol. The molecule has 120 valence electrons. The molecule has 2 amide bonds. The maximum atomic E-state index is 12.3. The van der Waals surface area contributed by atoms with E-state index in [1.807, 2.05) is 4.90 Å². The number of urea groups is 1. The Labute approximate surface area is 125 Å². The second-order valence-electron chi connectivity index (χ2n) is 6.25. The van der Waals surface area contributed by atoms with E-state index >= 15 is 0 Å². The number of carboxylic acids is 1. The van der Waals surface area contributed by atoms with Crippen LogP contribution in [0.5, 0.6) is 0 Å². The SMILES string of the molecule is COCC1CCCN(C(=O)NC2CCC(C(=O)O)CC2)C1. The van der Waals surface area contributed by atoms with Crippen molar-refractivity contribution in [2.75, 3.05) is 26.8 Å². The Morgan fingerprint density at radius 1 is 1.24 bits per heavy atom. The number of piperidine rings is 1. The predicted molar refractivity (Wildman–Crippen MR) is 78.1 cm³/mol. The molecule has 6 heteroatoms. The minimum absolute atomic E-state index is 0.00502. The monoisotopic (exact) mass is 298 g/mol. The number of rotatable bonds is 4. The molecule has 2 fully saturated rings. The van der Waals surface area contributed by atoms with E-state index in [9.17, 15) is 9.59 Å². The first kappa shape index (κ1) is 16.1. The summed E-state index contributed by atoms with van der Waals surface area (Å²) in [7, 11) is 1.69. The number of nitrogens with zero attached hydrogens (tertiary/aromatic N) is 1. The van der Waals surface area contributed by atoms with Crippen LogP contribution in [0.3, 0.4) is 0 Å². The number of hydrogen-bond acceptors (Lipinski definition) is 3. The molecule has 2 N–H and O–H groups in total. The van der Waals surface area contributed by atoms with Crippen molar-refractivity contribution < 1.29 is 19.4 Å². The molecule has 0 aromatic heterocycles. The molecule has 0 aromatic rings. The van der Waals surface area contributed by atoms with Crippen molar-refractivity contribution in [2.24, 2.45) is 11.8 Å². The first-order valence-corrected chi connectivity index (χ1v) is 7.87. The highest BCUT2D eigenvalue weighted by Gasteiger charge is 2.29. The highest BCUT2D eigenvalue weighted by atomic mass is 16.5. The summed E-state index contributed by atoms with van der Waals surface area (Å²) in [5.74, 6) is -0.519. The van der Waals surface area contributed by atoms with Crippen molar-refractivity contribution in [3.63, 3.8) is 0 Å². The standard InChI is InChI=1S/C15H26N2O4/c1-21-10-11-3-2-8-17(9-11)15(20)16-13-6-4-12(5-7-13)14(18)19/h11-13H,2-10H2,1H3,(H,16,20)(H,18,19). The van der Waals surface area contributed by atoms with Crippen LogP contribution < -0.4 is 5.32 Å². The molecule has 1 heterocycles. The van der Waals surface area contributed by atoms with Gasteiger partial charge in [0.05, 0.1) is 12.5 Å². The van der Waals surface area contributed by atoms with Gasteiger partial charge in [0.25, 0.3) is 0 Å². The van der Waals surface area contributed by atoms with Gasteiger partial charge in [0.1, 0.15) is 0 Å². The number of methoxy groups -OCH3 is 1. The lowest BCUT2D eigenvalue weighted by atomic mass is 9.86. The molecule has 0 radical (unpaired) electrons. The molecule has 1 aliphatic carbocycles. The highest BCUT2D eigenvalue weighted by Crippen LogP contribution is 2.25. The summed E-state index contributed by atoms with van der Waals surface area (Å²) < 4.78 is 5.18. The fraction of sp³-hybridized carbons (Fsp3) is 0.867. The number of ether oxygens (including phenoxy) is 1. The van der Waals surface area contributed by atoms with Crippen molar-refractivity contribution in [2.45, 2.75) is 44.6 Å². The van der Waals surface area contributed by atoms with E-state index < -0.39 is 5.97 Å². The Kier molecular flexibility index (Phi) is 5.85. The molecule has 2 aliphatic rings. The summed E-state index contributed by atoms with van der Waals surface area (Å²) in [6, 6.07) is 0.116. The smallest absolute Gasteiger partial charge is 0.317 e. The van der Waals surface area contributed by atoms with Crippen LogP contribution in [0.1, 0.15) is 38.5 Å². The van der Waals surface area contributed by atoms with Crippen molar-refractivity contribution in [3.8, 4) is 0 Å². The molecule has 21 heavy (non-hydrogen) atoms. The van der Waals surface area contributed by atoms with Gasteiger partial charge in [-0.05, 0) is 38.5 Å². The summed E-state index contributed by atoms with van der Waals surface area (Å²) in [5, 5.41) is 12.0. The Balaban J connectivity index is 1.75. The number of likely N-dealkylation sites (tertiary alicyclic amines) is 1. The van der Waals surface area contributed by atoms with E-state index in [2.05, 4.69) is 5.32 Å². The van der Waals surface area contributed by atoms with Crippen LogP contribution in [0.2, 0.25) is 0 Å². The van der Waals surface area contributed by atoms with E-state index in [1.165, 1.54) is 0 Å². The molecule has 1 aliphatic heterocycles. The van der Waals surface area contributed by atoms with Crippen LogP contribution in [-0.2, 0) is 9.53 Å². The van der Waals surface area contributed by atoms with E-state index in [1.54, 1.807) is 7.11 Å². The van der Waals surface area contributed by atoms with Gasteiger partial charge in [-0.25, -0.2) is 4.79 Å². The van der Waals surface area contributed by atoms with Crippen molar-refractivity contribution in [1.82, 2.24) is 10.2 Å². The largest absolute Gasteiger partial charge is 0.481 e. The maximum absolute atomic E-state index is 12.3. The number of aliphatic carboxylic acids is 1. The van der Waals surface area contributed by atoms with Gasteiger partial charge in [-0.1, -0.05) is 0 Å². The first-order valence-electron chi connectivity index (χ1n) is 7.87. The van der Waals surface area contributed by atoms with Gasteiger partial charge >= 0.3 is 12.0 Å². The summed E-state index contributed by atoms with van der Waals surface area (Å²) in [5.41, 5.74) is 0. The summed E-state index contributed by atoms with van der Waals surface area (Å²) in [6.07, 6.45) is 4.98.